The van der Waals surface area contributed by atoms with Gasteiger partial charge in [-0.3, -0.25) is 10.1 Å². The molecule has 1 unspecified atom stereocenters. The lowest BCUT2D eigenvalue weighted by Gasteiger charge is -2.17. The van der Waals surface area contributed by atoms with Crippen LogP contribution in [0.4, 0.5) is 13.2 Å². The molecular weight excluding hydrogens is 405 g/mol. The van der Waals surface area contributed by atoms with Crippen molar-refractivity contribution in [2.24, 2.45) is 0 Å². The zero-order valence-electron chi connectivity index (χ0n) is 16.6. The molecule has 158 valence electrons. The highest BCUT2D eigenvalue weighted by Crippen LogP contribution is 2.35. The number of nitrogens with one attached hydrogen (secondary N) is 1. The van der Waals surface area contributed by atoms with Gasteiger partial charge in [-0.25, -0.2) is 4.98 Å². The van der Waals surface area contributed by atoms with E-state index in [0.717, 1.165) is 17.5 Å². The highest BCUT2D eigenvalue weighted by Gasteiger charge is 2.37. The van der Waals surface area contributed by atoms with E-state index in [9.17, 15) is 13.2 Å². The molecule has 9 heteroatoms. The van der Waals surface area contributed by atoms with Crippen molar-refractivity contribution in [3.05, 3.63) is 78.5 Å². The minimum absolute atomic E-state index is 0.0654. The number of imidazole rings is 1. The highest BCUT2D eigenvalue weighted by molar-refractivity contribution is 5.67. The van der Waals surface area contributed by atoms with Crippen LogP contribution in [-0.4, -0.2) is 29.9 Å². The Balaban J connectivity index is 1.66. The highest BCUT2D eigenvalue weighted by atomic mass is 19.4. The number of halogens is 3. The Morgan fingerprint density at radius 3 is 2.58 bits per heavy atom. The molecule has 0 saturated heterocycles. The Morgan fingerprint density at radius 1 is 1.13 bits per heavy atom. The first kappa shape index (κ1) is 20.5. The molecule has 0 aliphatic heterocycles. The van der Waals surface area contributed by atoms with Crippen LogP contribution in [0.3, 0.4) is 0 Å². The monoisotopic (exact) mass is 424 g/mol. The summed E-state index contributed by atoms with van der Waals surface area (Å²) in [7, 11) is 0. The van der Waals surface area contributed by atoms with Gasteiger partial charge in [0.1, 0.15) is 11.4 Å². The molecule has 3 heterocycles. The van der Waals surface area contributed by atoms with Crippen molar-refractivity contribution >= 4 is 6.08 Å². The predicted octanol–water partition coefficient (Wildman–Crippen LogP) is 5.39. The molecule has 0 fully saturated rings. The molecule has 4 aromatic rings. The minimum atomic E-state index is -4.58. The Labute approximate surface area is 176 Å². The van der Waals surface area contributed by atoms with Crippen molar-refractivity contribution in [1.82, 2.24) is 29.9 Å². The molecule has 0 radical (unpaired) electrons. The summed E-state index contributed by atoms with van der Waals surface area (Å²) in [5, 5.41) is 8.84. The van der Waals surface area contributed by atoms with Crippen LogP contribution in [0, 0.1) is 0 Å². The zero-order valence-corrected chi connectivity index (χ0v) is 16.6. The van der Waals surface area contributed by atoms with Gasteiger partial charge in [-0.05, 0) is 29.7 Å². The molecule has 31 heavy (non-hydrogen) atoms. The molecule has 1 N–H and O–H groups in total. The van der Waals surface area contributed by atoms with Crippen LogP contribution in [0.5, 0.6) is 0 Å². The SMILES string of the molecule is C=Cc1ccc(C(CC)n2cnc(-c3cc(-c4nn[nH]c4C(F)(F)F)ccn3)c2)cc1. The summed E-state index contributed by atoms with van der Waals surface area (Å²) in [6, 6.07) is 11.2. The summed E-state index contributed by atoms with van der Waals surface area (Å²) in [4.78, 5) is 8.71. The smallest absolute Gasteiger partial charge is 0.329 e. The number of H-pyrrole nitrogens is 1. The number of aromatic nitrogens is 6. The van der Waals surface area contributed by atoms with Crippen LogP contribution in [0.1, 0.15) is 36.2 Å². The van der Waals surface area contributed by atoms with Gasteiger partial charge >= 0.3 is 6.18 Å². The van der Waals surface area contributed by atoms with Crippen molar-refractivity contribution < 1.29 is 13.2 Å². The Morgan fingerprint density at radius 2 is 1.90 bits per heavy atom. The number of nitrogens with zero attached hydrogens (tertiary/aromatic N) is 5. The third-order valence-corrected chi connectivity index (χ3v) is 5.03. The predicted molar refractivity (Wildman–Crippen MR) is 111 cm³/mol. The fraction of sp³-hybridized carbons (Fsp3) is 0.182. The lowest BCUT2D eigenvalue weighted by Crippen LogP contribution is -2.07. The van der Waals surface area contributed by atoms with E-state index >= 15 is 0 Å². The van der Waals surface area contributed by atoms with Gasteiger partial charge in [0.05, 0.1) is 18.1 Å². The van der Waals surface area contributed by atoms with Crippen molar-refractivity contribution in [1.29, 1.82) is 0 Å². The van der Waals surface area contributed by atoms with Gasteiger partial charge in [-0.2, -0.15) is 13.2 Å². The lowest BCUT2D eigenvalue weighted by atomic mass is 10.0. The van der Waals surface area contributed by atoms with Crippen molar-refractivity contribution in [2.45, 2.75) is 25.6 Å². The quantitative estimate of drug-likeness (QED) is 0.450. The van der Waals surface area contributed by atoms with E-state index in [1.807, 2.05) is 40.1 Å². The van der Waals surface area contributed by atoms with Crippen LogP contribution in [0.15, 0.2) is 61.7 Å². The number of aromatic amines is 1. The molecule has 0 amide bonds. The van der Waals surface area contributed by atoms with Crippen LogP contribution in [0.25, 0.3) is 28.7 Å². The molecule has 1 aromatic carbocycles. The zero-order chi connectivity index (χ0) is 22.0. The van der Waals surface area contributed by atoms with E-state index < -0.39 is 11.9 Å². The molecule has 6 nitrogen and oxygen atoms in total. The Hall–Kier alpha value is -3.75. The standard InChI is InChI=1S/C22H19F3N6/c1-3-14-5-7-15(8-6-14)19(4-2)31-12-18(27-13-31)17-11-16(9-10-26-17)20-21(22(23,24)25)29-30-28-20/h3,5-13,19H,1,4H2,2H3,(H,28,29,30). The minimum Gasteiger partial charge on any atom is -0.329 e. The average Bonchev–Trinajstić information content (AvgIpc) is 3.45. The summed E-state index contributed by atoms with van der Waals surface area (Å²) < 4.78 is 41.5. The van der Waals surface area contributed by atoms with E-state index in [1.165, 1.54) is 18.3 Å². The van der Waals surface area contributed by atoms with Gasteiger partial charge in [-0.1, -0.05) is 49.1 Å². The number of hydrogen-bond donors (Lipinski definition) is 1. The first-order valence-electron chi connectivity index (χ1n) is 9.61. The lowest BCUT2D eigenvalue weighted by molar-refractivity contribution is -0.140. The van der Waals surface area contributed by atoms with Gasteiger partial charge in [0, 0.05) is 18.0 Å². The summed E-state index contributed by atoms with van der Waals surface area (Å²) in [5.41, 5.74) is 2.15. The maximum Gasteiger partial charge on any atom is 0.435 e. The summed E-state index contributed by atoms with van der Waals surface area (Å²) in [5.74, 6) is 0. The Kier molecular flexibility index (Phi) is 5.41. The largest absolute Gasteiger partial charge is 0.435 e. The van der Waals surface area contributed by atoms with Gasteiger partial charge in [-0.15, -0.1) is 5.10 Å². The molecule has 4 rings (SSSR count). The van der Waals surface area contributed by atoms with E-state index in [1.54, 1.807) is 12.4 Å². The second-order valence-corrected chi connectivity index (χ2v) is 6.96. The molecule has 0 saturated carbocycles. The Bertz CT molecular complexity index is 1190. The first-order chi connectivity index (χ1) is 14.9. The molecule has 0 spiro atoms. The van der Waals surface area contributed by atoms with Gasteiger partial charge in [0.25, 0.3) is 0 Å². The summed E-state index contributed by atoms with van der Waals surface area (Å²) in [6.45, 7) is 5.85. The van der Waals surface area contributed by atoms with E-state index in [-0.39, 0.29) is 17.3 Å². The summed E-state index contributed by atoms with van der Waals surface area (Å²) in [6.07, 6.45) is 3.03. The third kappa shape index (κ3) is 4.11. The summed E-state index contributed by atoms with van der Waals surface area (Å²) >= 11 is 0. The van der Waals surface area contributed by atoms with Crippen molar-refractivity contribution in [2.75, 3.05) is 0 Å². The number of pyridine rings is 1. The van der Waals surface area contributed by atoms with Crippen LogP contribution >= 0.6 is 0 Å². The first-order valence-corrected chi connectivity index (χ1v) is 9.61. The van der Waals surface area contributed by atoms with E-state index in [2.05, 4.69) is 33.8 Å². The topological polar surface area (TPSA) is 72.3 Å². The molecule has 1 atom stereocenters. The number of benzene rings is 1. The normalized spacial score (nSPS) is 12.6. The van der Waals surface area contributed by atoms with Crippen molar-refractivity contribution in [3.8, 4) is 22.6 Å². The second-order valence-electron chi connectivity index (χ2n) is 6.96. The molecule has 0 aliphatic carbocycles. The average molecular weight is 424 g/mol. The molecule has 3 aromatic heterocycles. The van der Waals surface area contributed by atoms with Gasteiger partial charge in [0.15, 0.2) is 5.69 Å². The van der Waals surface area contributed by atoms with Crippen LogP contribution in [-0.2, 0) is 6.18 Å². The fourth-order valence-corrected chi connectivity index (χ4v) is 3.46. The fourth-order valence-electron chi connectivity index (χ4n) is 3.46. The third-order valence-electron chi connectivity index (χ3n) is 5.03. The van der Waals surface area contributed by atoms with E-state index in [4.69, 9.17) is 0 Å². The number of hydrogen-bond acceptors (Lipinski definition) is 4. The maximum absolute atomic E-state index is 13.2. The molecule has 0 bridgehead atoms. The van der Waals surface area contributed by atoms with Crippen LogP contribution in [0.2, 0.25) is 0 Å². The number of alkyl halides is 3. The van der Waals surface area contributed by atoms with Gasteiger partial charge in [0.2, 0.25) is 0 Å². The van der Waals surface area contributed by atoms with E-state index in [0.29, 0.717) is 11.4 Å². The number of rotatable bonds is 6. The molecular formula is C22H19F3N6. The maximum atomic E-state index is 13.2. The molecule has 0 aliphatic rings. The van der Waals surface area contributed by atoms with Gasteiger partial charge < -0.3 is 4.57 Å². The van der Waals surface area contributed by atoms with Crippen molar-refractivity contribution in [3.63, 3.8) is 0 Å². The second kappa shape index (κ2) is 8.17. The van der Waals surface area contributed by atoms with Crippen LogP contribution < -0.4 is 0 Å².